The minimum Gasteiger partial charge on any atom is -0.453 e. The molecule has 0 unspecified atom stereocenters. The summed E-state index contributed by atoms with van der Waals surface area (Å²) in [6.45, 7) is -0.145. The van der Waals surface area contributed by atoms with Gasteiger partial charge in [-0.2, -0.15) is 0 Å². The van der Waals surface area contributed by atoms with Gasteiger partial charge in [-0.1, -0.05) is 0 Å². The van der Waals surface area contributed by atoms with Crippen molar-refractivity contribution in [3.05, 3.63) is 17.0 Å². The average Bonchev–Trinajstić information content (AvgIpc) is 3.13. The lowest BCUT2D eigenvalue weighted by molar-refractivity contribution is -0.116. The number of hydrogen-bond donors (Lipinski definition) is 2. The van der Waals surface area contributed by atoms with Crippen LogP contribution in [-0.4, -0.2) is 49.6 Å². The maximum absolute atomic E-state index is 12.0. The van der Waals surface area contributed by atoms with Crippen LogP contribution in [0.25, 0.3) is 0 Å². The van der Waals surface area contributed by atoms with Crippen molar-refractivity contribution in [3.8, 4) is 0 Å². The van der Waals surface area contributed by atoms with Crippen molar-refractivity contribution in [2.45, 2.75) is 18.9 Å². The minimum atomic E-state index is -0.594. The Hall–Kier alpha value is -2.09. The lowest BCUT2D eigenvalue weighted by Gasteiger charge is -2.14. The number of likely N-dealkylation sites (N-methyl/N-ethyl adjacent to an activating group) is 1. The van der Waals surface area contributed by atoms with Crippen LogP contribution in [0.4, 0.5) is 9.80 Å². The van der Waals surface area contributed by atoms with E-state index in [2.05, 4.69) is 15.4 Å². The third-order valence-electron chi connectivity index (χ3n) is 2.94. The number of carbonyl (C=O) groups is 3. The van der Waals surface area contributed by atoms with Crippen LogP contribution in [0.5, 0.6) is 0 Å². The van der Waals surface area contributed by atoms with Crippen LogP contribution in [-0.2, 0) is 9.53 Å². The van der Waals surface area contributed by atoms with Crippen molar-refractivity contribution in [1.29, 1.82) is 0 Å². The Morgan fingerprint density at radius 3 is 2.76 bits per heavy atom. The molecule has 0 spiro atoms. The third-order valence-corrected chi connectivity index (χ3v) is 3.77. The van der Waals surface area contributed by atoms with Gasteiger partial charge in [-0.3, -0.25) is 9.59 Å². The summed E-state index contributed by atoms with van der Waals surface area (Å²) in [6.07, 6.45) is 1.41. The van der Waals surface area contributed by atoms with E-state index in [1.807, 2.05) is 0 Å². The summed E-state index contributed by atoms with van der Waals surface area (Å²) in [5.41, 5.74) is 0.445. The summed E-state index contributed by atoms with van der Waals surface area (Å²) in [4.78, 5) is 36.2. The highest BCUT2D eigenvalue weighted by molar-refractivity contribution is 7.14. The number of nitrogens with zero attached hydrogens (tertiary/aromatic N) is 1. The van der Waals surface area contributed by atoms with Gasteiger partial charge in [0, 0.05) is 13.1 Å². The number of nitrogens with one attached hydrogen (secondary N) is 2. The normalized spacial score (nSPS) is 13.4. The Kier molecular flexibility index (Phi) is 4.79. The molecule has 0 saturated heterocycles. The monoisotopic (exact) mass is 311 g/mol. The molecule has 8 heteroatoms. The zero-order valence-electron chi connectivity index (χ0n) is 11.8. The van der Waals surface area contributed by atoms with Gasteiger partial charge in [0.15, 0.2) is 0 Å². The van der Waals surface area contributed by atoms with Gasteiger partial charge in [-0.15, -0.1) is 11.3 Å². The van der Waals surface area contributed by atoms with Crippen LogP contribution in [0.3, 0.4) is 0 Å². The molecule has 1 aliphatic rings. The zero-order valence-corrected chi connectivity index (χ0v) is 12.7. The Labute approximate surface area is 126 Å². The van der Waals surface area contributed by atoms with Crippen molar-refractivity contribution >= 4 is 34.2 Å². The van der Waals surface area contributed by atoms with E-state index in [0.717, 1.165) is 17.7 Å². The van der Waals surface area contributed by atoms with E-state index in [-0.39, 0.29) is 24.4 Å². The molecule has 2 N–H and O–H groups in total. The fraction of sp³-hybridized carbons (Fsp3) is 0.462. The fourth-order valence-corrected chi connectivity index (χ4v) is 2.48. The molecular formula is C13H17N3O4S. The Morgan fingerprint density at radius 1 is 1.43 bits per heavy atom. The number of ether oxygens (including phenoxy) is 1. The molecule has 1 saturated carbocycles. The highest BCUT2D eigenvalue weighted by Gasteiger charge is 2.25. The van der Waals surface area contributed by atoms with Gasteiger partial charge in [-0.05, 0) is 24.3 Å². The van der Waals surface area contributed by atoms with E-state index in [0.29, 0.717) is 10.6 Å². The first-order valence-electron chi connectivity index (χ1n) is 6.48. The van der Waals surface area contributed by atoms with E-state index < -0.39 is 6.09 Å². The van der Waals surface area contributed by atoms with E-state index in [1.165, 1.54) is 25.5 Å². The van der Waals surface area contributed by atoms with Crippen LogP contribution in [0.2, 0.25) is 0 Å². The number of thiophene rings is 1. The number of hydrogen-bond acceptors (Lipinski definition) is 5. The number of carbonyl (C=O) groups excluding carboxylic acids is 3. The summed E-state index contributed by atoms with van der Waals surface area (Å²) < 4.78 is 4.51. The molecule has 3 amide bonds. The molecule has 7 nitrogen and oxygen atoms in total. The maximum atomic E-state index is 12.0. The molecule has 0 radical (unpaired) electrons. The Balaban J connectivity index is 1.93. The largest absolute Gasteiger partial charge is 0.453 e. The van der Waals surface area contributed by atoms with E-state index >= 15 is 0 Å². The molecule has 0 atom stereocenters. The molecule has 0 aliphatic heterocycles. The lowest BCUT2D eigenvalue weighted by Crippen LogP contribution is -2.35. The smallest absolute Gasteiger partial charge is 0.409 e. The molecule has 1 aliphatic carbocycles. The molecule has 1 heterocycles. The van der Waals surface area contributed by atoms with Crippen molar-refractivity contribution in [2.24, 2.45) is 0 Å². The van der Waals surface area contributed by atoms with E-state index in [1.54, 1.807) is 11.4 Å². The molecule has 1 aromatic rings. The quantitative estimate of drug-likeness (QED) is 0.857. The number of amides is 3. The van der Waals surface area contributed by atoms with E-state index in [4.69, 9.17) is 0 Å². The first-order valence-corrected chi connectivity index (χ1v) is 7.36. The predicted octanol–water partition coefficient (Wildman–Crippen LogP) is 1.28. The van der Waals surface area contributed by atoms with Crippen LogP contribution in [0.1, 0.15) is 23.2 Å². The summed E-state index contributed by atoms with van der Waals surface area (Å²) in [5.74, 6) is -0.568. The zero-order chi connectivity index (χ0) is 15.4. The highest BCUT2D eigenvalue weighted by Crippen LogP contribution is 2.25. The Bertz CT molecular complexity index is 553. The van der Waals surface area contributed by atoms with Gasteiger partial charge in [0.2, 0.25) is 5.91 Å². The van der Waals surface area contributed by atoms with Gasteiger partial charge in [-0.25, -0.2) is 4.79 Å². The maximum Gasteiger partial charge on any atom is 0.409 e. The standard InChI is InChI=1S/C13H17N3O4S/c1-16(13(19)20-2)7-10(17)15-12-9(5-6-21-12)11(18)14-8-3-4-8/h5-6,8H,3-4,7H2,1-2H3,(H,14,18)(H,15,17). The number of methoxy groups -OCH3 is 1. The summed E-state index contributed by atoms with van der Waals surface area (Å²) in [6, 6.07) is 1.92. The van der Waals surface area contributed by atoms with Crippen LogP contribution in [0, 0.1) is 0 Å². The Morgan fingerprint density at radius 2 is 2.14 bits per heavy atom. The van der Waals surface area contributed by atoms with Crippen LogP contribution >= 0.6 is 11.3 Å². The fourth-order valence-electron chi connectivity index (χ4n) is 1.68. The second-order valence-electron chi connectivity index (χ2n) is 4.79. The SMILES string of the molecule is COC(=O)N(C)CC(=O)Nc1sccc1C(=O)NC1CC1. The van der Waals surface area contributed by atoms with Crippen molar-refractivity contribution in [3.63, 3.8) is 0 Å². The topological polar surface area (TPSA) is 87.7 Å². The second-order valence-corrected chi connectivity index (χ2v) is 5.70. The van der Waals surface area contributed by atoms with Crippen LogP contribution in [0.15, 0.2) is 11.4 Å². The van der Waals surface area contributed by atoms with Gasteiger partial charge < -0.3 is 20.3 Å². The molecule has 1 aromatic heterocycles. The third kappa shape index (κ3) is 4.19. The predicted molar refractivity (Wildman–Crippen MR) is 78.5 cm³/mol. The molecule has 21 heavy (non-hydrogen) atoms. The first kappa shape index (κ1) is 15.3. The molecular weight excluding hydrogens is 294 g/mol. The van der Waals surface area contributed by atoms with Gasteiger partial charge in [0.1, 0.15) is 11.5 Å². The summed E-state index contributed by atoms with van der Waals surface area (Å²) in [7, 11) is 2.71. The first-order chi connectivity index (χ1) is 10.0. The second kappa shape index (κ2) is 6.57. The minimum absolute atomic E-state index is 0.145. The molecule has 1 fully saturated rings. The van der Waals surface area contributed by atoms with Crippen LogP contribution < -0.4 is 10.6 Å². The number of anilines is 1. The van der Waals surface area contributed by atoms with Gasteiger partial charge in [0.25, 0.3) is 5.91 Å². The van der Waals surface area contributed by atoms with Gasteiger partial charge >= 0.3 is 6.09 Å². The molecule has 0 aromatic carbocycles. The average molecular weight is 311 g/mol. The molecule has 0 bridgehead atoms. The van der Waals surface area contributed by atoms with Gasteiger partial charge in [0.05, 0.1) is 12.7 Å². The number of rotatable bonds is 5. The highest BCUT2D eigenvalue weighted by atomic mass is 32.1. The summed E-state index contributed by atoms with van der Waals surface area (Å²) >= 11 is 1.27. The van der Waals surface area contributed by atoms with Crippen molar-refractivity contribution < 1.29 is 19.1 Å². The summed E-state index contributed by atoms with van der Waals surface area (Å²) in [5, 5.41) is 7.73. The molecule has 114 valence electrons. The van der Waals surface area contributed by atoms with Crippen molar-refractivity contribution in [1.82, 2.24) is 10.2 Å². The van der Waals surface area contributed by atoms with Crippen molar-refractivity contribution in [2.75, 3.05) is 26.0 Å². The molecule has 2 rings (SSSR count). The van der Waals surface area contributed by atoms with E-state index in [9.17, 15) is 14.4 Å². The lowest BCUT2D eigenvalue weighted by atomic mass is 10.3.